The van der Waals surface area contributed by atoms with Gasteiger partial charge in [-0.05, 0) is 68.5 Å². The summed E-state index contributed by atoms with van der Waals surface area (Å²) in [7, 11) is -3.82. The molecule has 3 aromatic rings. The normalized spacial score (nSPS) is 13.5. The number of carbonyl (C=O) groups is 3. The Labute approximate surface area is 264 Å². The van der Waals surface area contributed by atoms with E-state index in [1.54, 1.807) is 6.07 Å². The first-order valence-corrected chi connectivity index (χ1v) is 16.2. The lowest BCUT2D eigenvalue weighted by Gasteiger charge is -2.25. The molecule has 0 unspecified atom stereocenters. The molecular formula is C30H36FN3O11S. The van der Waals surface area contributed by atoms with Crippen LogP contribution in [0.3, 0.4) is 0 Å². The van der Waals surface area contributed by atoms with Crippen LogP contribution in [0.15, 0.2) is 40.8 Å². The van der Waals surface area contributed by atoms with Gasteiger partial charge in [-0.25, -0.2) is 23.1 Å². The summed E-state index contributed by atoms with van der Waals surface area (Å²) in [6.45, 7) is 3.52. The van der Waals surface area contributed by atoms with Gasteiger partial charge in [0.05, 0.1) is 57.1 Å². The van der Waals surface area contributed by atoms with E-state index in [1.165, 1.54) is 54.0 Å². The Balaban J connectivity index is 1.52. The van der Waals surface area contributed by atoms with Crippen LogP contribution in [-0.4, -0.2) is 88.1 Å². The van der Waals surface area contributed by atoms with Gasteiger partial charge in [0.2, 0.25) is 10.0 Å². The van der Waals surface area contributed by atoms with Gasteiger partial charge in [0.25, 0.3) is 11.8 Å². The summed E-state index contributed by atoms with van der Waals surface area (Å²) in [6.07, 6.45) is 1.07. The molecule has 4 rings (SSSR count). The number of hydrogen-bond acceptors (Lipinski definition) is 10. The van der Waals surface area contributed by atoms with Gasteiger partial charge in [0.15, 0.2) is 0 Å². The second-order valence-electron chi connectivity index (χ2n) is 11.1. The number of rotatable bonds is 16. The Morgan fingerprint density at radius 1 is 1.04 bits per heavy atom. The molecule has 250 valence electrons. The van der Waals surface area contributed by atoms with Crippen LogP contribution in [0.5, 0.6) is 0 Å². The van der Waals surface area contributed by atoms with E-state index in [4.69, 9.17) is 23.8 Å². The average Bonchev–Trinajstić information content (AvgIpc) is 3.76. The number of sulfonamides is 1. The number of benzene rings is 2. The third-order valence-electron chi connectivity index (χ3n) is 7.23. The van der Waals surface area contributed by atoms with Crippen LogP contribution in [0.4, 0.5) is 14.9 Å². The van der Waals surface area contributed by atoms with E-state index in [1.807, 2.05) is 5.32 Å². The summed E-state index contributed by atoms with van der Waals surface area (Å²) in [5, 5.41) is 20.1. The van der Waals surface area contributed by atoms with Gasteiger partial charge in [-0.2, -0.15) is 0 Å². The lowest BCUT2D eigenvalue weighted by atomic mass is 10.0. The summed E-state index contributed by atoms with van der Waals surface area (Å²) in [5.74, 6) is -2.14. The van der Waals surface area contributed by atoms with Gasteiger partial charge >= 0.3 is 6.09 Å². The fraction of sp³-hybridized carbons (Fsp3) is 0.433. The first-order valence-electron chi connectivity index (χ1n) is 14.3. The van der Waals surface area contributed by atoms with Gasteiger partial charge in [-0.1, -0.05) is 0 Å². The Kier molecular flexibility index (Phi) is 11.0. The third kappa shape index (κ3) is 8.58. The highest BCUT2D eigenvalue weighted by Crippen LogP contribution is 2.48. The van der Waals surface area contributed by atoms with Crippen LogP contribution in [0.25, 0.3) is 22.3 Å². The van der Waals surface area contributed by atoms with Gasteiger partial charge in [-0.3, -0.25) is 24.4 Å². The van der Waals surface area contributed by atoms with E-state index in [9.17, 15) is 32.3 Å². The fourth-order valence-electron chi connectivity index (χ4n) is 4.77. The zero-order valence-electron chi connectivity index (χ0n) is 25.5. The van der Waals surface area contributed by atoms with Crippen molar-refractivity contribution in [3.05, 3.63) is 53.3 Å². The number of anilines is 1. The molecule has 14 nitrogen and oxygen atoms in total. The molecule has 1 aromatic heterocycles. The summed E-state index contributed by atoms with van der Waals surface area (Å²) >= 11 is 0. The number of nitrogens with zero attached hydrogens (tertiary/aromatic N) is 1. The summed E-state index contributed by atoms with van der Waals surface area (Å²) < 4.78 is 63.3. The van der Waals surface area contributed by atoms with Gasteiger partial charge in [-0.15, -0.1) is 0 Å². The number of fused-ring (bicyclic) bond motifs is 1. The van der Waals surface area contributed by atoms with Crippen molar-refractivity contribution in [2.24, 2.45) is 0 Å². The van der Waals surface area contributed by atoms with E-state index in [-0.39, 0.29) is 67.8 Å². The van der Waals surface area contributed by atoms with Crippen molar-refractivity contribution in [1.82, 2.24) is 10.8 Å². The average molecular weight is 666 g/mol. The maximum absolute atomic E-state index is 13.6. The SMILES string of the molecule is CC(C)(OCCOCCOCCN(c1cc2oc(-c3ccc(F)cc3)c(C(=O)NC(=O)O)c2cc1C1CC1)S(C)(=O)=O)C(=O)NO. The van der Waals surface area contributed by atoms with Crippen LogP contribution in [0.1, 0.15) is 48.5 Å². The predicted molar refractivity (Wildman–Crippen MR) is 163 cm³/mol. The quantitative estimate of drug-likeness (QED) is 0.0992. The minimum absolute atomic E-state index is 0.00696. The van der Waals surface area contributed by atoms with Crippen molar-refractivity contribution in [2.75, 3.05) is 50.1 Å². The highest BCUT2D eigenvalue weighted by atomic mass is 32.2. The Hall–Kier alpha value is -4.09. The minimum Gasteiger partial charge on any atom is -0.465 e. The highest BCUT2D eigenvalue weighted by Gasteiger charge is 2.33. The number of hydrogen-bond donors (Lipinski definition) is 4. The van der Waals surface area contributed by atoms with E-state index in [2.05, 4.69) is 0 Å². The first kappa shape index (κ1) is 34.8. The molecule has 46 heavy (non-hydrogen) atoms. The van der Waals surface area contributed by atoms with Crippen molar-refractivity contribution in [3.8, 4) is 11.3 Å². The molecule has 0 spiro atoms. The number of ether oxygens (including phenoxy) is 3. The molecule has 1 fully saturated rings. The van der Waals surface area contributed by atoms with Gasteiger partial charge in [0, 0.05) is 17.0 Å². The molecule has 1 heterocycles. The van der Waals surface area contributed by atoms with Crippen molar-refractivity contribution in [1.29, 1.82) is 0 Å². The number of imide groups is 1. The second kappa shape index (κ2) is 14.6. The smallest absolute Gasteiger partial charge is 0.411 e. The van der Waals surface area contributed by atoms with Crippen LogP contribution in [-0.2, 0) is 29.0 Å². The number of amides is 3. The molecular weight excluding hydrogens is 629 g/mol. The highest BCUT2D eigenvalue weighted by molar-refractivity contribution is 7.92. The van der Waals surface area contributed by atoms with Crippen LogP contribution in [0, 0.1) is 5.82 Å². The van der Waals surface area contributed by atoms with Crippen LogP contribution >= 0.6 is 0 Å². The Bertz CT molecular complexity index is 1690. The molecule has 1 saturated carbocycles. The van der Waals surface area contributed by atoms with Crippen molar-refractivity contribution in [2.45, 2.75) is 38.2 Å². The molecule has 1 aliphatic rings. The molecule has 1 aliphatic carbocycles. The summed E-state index contributed by atoms with van der Waals surface area (Å²) in [4.78, 5) is 35.9. The largest absolute Gasteiger partial charge is 0.465 e. The number of halogens is 1. The monoisotopic (exact) mass is 665 g/mol. The maximum Gasteiger partial charge on any atom is 0.411 e. The van der Waals surface area contributed by atoms with Gasteiger partial charge < -0.3 is 23.7 Å². The van der Waals surface area contributed by atoms with Crippen molar-refractivity contribution >= 4 is 44.6 Å². The number of furan rings is 1. The first-order chi connectivity index (χ1) is 21.7. The van der Waals surface area contributed by atoms with Gasteiger partial charge in [0.1, 0.15) is 22.8 Å². The standard InChI is InChI=1S/C30H36FN3O11S/c1-30(2,28(36)33-39)44-15-14-43-13-12-42-11-10-34(46(3,40)41)23-17-24-22(16-21(23)18-4-5-18)25(27(35)32-29(37)38)26(45-24)19-6-8-20(31)9-7-19/h6-9,16-18,39H,4-5,10-15H2,1-3H3,(H,32,35)(H,33,36)(H,37,38). The van der Waals surface area contributed by atoms with Crippen molar-refractivity contribution < 1.29 is 56.1 Å². The lowest BCUT2D eigenvalue weighted by Crippen LogP contribution is -2.43. The number of carboxylic acid groups (broad SMARTS) is 1. The van der Waals surface area contributed by atoms with E-state index in [0.29, 0.717) is 16.8 Å². The third-order valence-corrected chi connectivity index (χ3v) is 8.41. The molecule has 0 radical (unpaired) electrons. The molecule has 0 aliphatic heterocycles. The molecule has 2 aromatic carbocycles. The molecule has 4 N–H and O–H groups in total. The topological polar surface area (TPSA) is 194 Å². The van der Waals surface area contributed by atoms with Crippen LogP contribution in [0.2, 0.25) is 0 Å². The summed E-state index contributed by atoms with van der Waals surface area (Å²) in [5.41, 5.74) is 1.67. The number of carbonyl (C=O) groups excluding carboxylic acids is 2. The van der Waals surface area contributed by atoms with Crippen molar-refractivity contribution in [3.63, 3.8) is 0 Å². The minimum atomic E-state index is -3.82. The fourth-order valence-corrected chi connectivity index (χ4v) is 5.69. The predicted octanol–water partition coefficient (Wildman–Crippen LogP) is 3.62. The van der Waals surface area contributed by atoms with E-state index < -0.39 is 39.3 Å². The lowest BCUT2D eigenvalue weighted by molar-refractivity contribution is -0.153. The zero-order valence-corrected chi connectivity index (χ0v) is 26.3. The zero-order chi connectivity index (χ0) is 33.6. The molecule has 0 atom stereocenters. The molecule has 16 heteroatoms. The molecule has 0 bridgehead atoms. The van der Waals surface area contributed by atoms with Crippen LogP contribution < -0.4 is 15.1 Å². The summed E-state index contributed by atoms with van der Waals surface area (Å²) in [6, 6.07) is 8.28. The molecule has 3 amide bonds. The number of nitrogens with one attached hydrogen (secondary N) is 2. The Morgan fingerprint density at radius 2 is 1.67 bits per heavy atom. The maximum atomic E-state index is 13.6. The number of hydroxylamine groups is 1. The van der Waals surface area contributed by atoms with E-state index >= 15 is 0 Å². The Morgan fingerprint density at radius 3 is 2.26 bits per heavy atom. The molecule has 0 saturated heterocycles. The second-order valence-corrected chi connectivity index (χ2v) is 13.0. The van der Waals surface area contributed by atoms with E-state index in [0.717, 1.165) is 19.1 Å².